The van der Waals surface area contributed by atoms with E-state index in [2.05, 4.69) is 31.9 Å². The molecule has 0 bridgehead atoms. The lowest BCUT2D eigenvalue weighted by molar-refractivity contribution is -0.137. The van der Waals surface area contributed by atoms with Crippen molar-refractivity contribution < 1.29 is 27.6 Å². The predicted molar refractivity (Wildman–Crippen MR) is 167 cm³/mol. The largest absolute Gasteiger partial charge is 0.416 e. The van der Waals surface area contributed by atoms with E-state index in [1.54, 1.807) is 72.8 Å². The molecule has 4 aromatic carbocycles. The van der Waals surface area contributed by atoms with Gasteiger partial charge in [0.15, 0.2) is 0 Å². The number of hydrogen-bond donors (Lipinski definition) is 3. The molecule has 0 aliphatic rings. The third kappa shape index (κ3) is 9.47. The topological polar surface area (TPSA) is 87.3 Å². The van der Waals surface area contributed by atoms with E-state index >= 15 is 0 Å². The number of benzene rings is 4. The first-order valence-electron chi connectivity index (χ1n) is 12.5. The molecule has 0 heterocycles. The van der Waals surface area contributed by atoms with Crippen LogP contribution in [0.25, 0.3) is 6.08 Å². The Hall–Kier alpha value is -4.06. The van der Waals surface area contributed by atoms with Crippen LogP contribution >= 0.6 is 39.3 Å². The van der Waals surface area contributed by atoms with Gasteiger partial charge in [-0.25, -0.2) is 0 Å². The molecule has 0 spiro atoms. The van der Waals surface area contributed by atoms with Gasteiger partial charge in [-0.3, -0.25) is 14.4 Å². The van der Waals surface area contributed by atoms with Gasteiger partial charge in [0.2, 0.25) is 5.91 Å². The molecule has 0 saturated carbocycles. The number of alkyl halides is 3. The van der Waals surface area contributed by atoms with Gasteiger partial charge in [-0.05, 0) is 78.4 Å². The van der Waals surface area contributed by atoms with E-state index in [-0.39, 0.29) is 22.2 Å². The second-order valence-corrected chi connectivity index (χ2v) is 11.3. The molecule has 220 valence electrons. The van der Waals surface area contributed by atoms with E-state index in [4.69, 9.17) is 11.6 Å². The van der Waals surface area contributed by atoms with Crippen molar-refractivity contribution in [3.63, 3.8) is 0 Å². The zero-order valence-electron chi connectivity index (χ0n) is 22.0. The molecule has 4 rings (SSSR count). The normalized spacial score (nSPS) is 11.5. The lowest BCUT2D eigenvalue weighted by Gasteiger charge is -2.12. The van der Waals surface area contributed by atoms with E-state index in [1.807, 2.05) is 12.1 Å². The van der Waals surface area contributed by atoms with Gasteiger partial charge in [0.05, 0.1) is 22.0 Å². The maximum Gasteiger partial charge on any atom is 0.416 e. The molecule has 0 aliphatic carbocycles. The highest BCUT2D eigenvalue weighted by Gasteiger charge is 2.31. The lowest BCUT2D eigenvalue weighted by atomic mass is 10.1. The number of anilines is 2. The number of nitrogens with one attached hydrogen (secondary N) is 3. The first-order valence-corrected chi connectivity index (χ1v) is 14.7. The summed E-state index contributed by atoms with van der Waals surface area (Å²) in [5.74, 6) is -1.63. The summed E-state index contributed by atoms with van der Waals surface area (Å²) in [6, 6.07) is 25.0. The molecule has 0 aromatic heterocycles. The van der Waals surface area contributed by atoms with Crippen LogP contribution in [0.4, 0.5) is 24.5 Å². The van der Waals surface area contributed by atoms with E-state index in [0.717, 1.165) is 34.4 Å². The molecule has 3 amide bonds. The molecule has 12 heteroatoms. The second-order valence-electron chi connectivity index (χ2n) is 8.94. The van der Waals surface area contributed by atoms with E-state index in [9.17, 15) is 27.6 Å². The van der Waals surface area contributed by atoms with Crippen LogP contribution in [0, 0.1) is 0 Å². The van der Waals surface area contributed by atoms with Crippen molar-refractivity contribution in [3.05, 3.63) is 129 Å². The molecule has 0 unspecified atom stereocenters. The maximum absolute atomic E-state index is 13.2. The summed E-state index contributed by atoms with van der Waals surface area (Å²) in [5, 5.41) is 7.81. The Morgan fingerprint density at radius 2 is 1.53 bits per heavy atom. The summed E-state index contributed by atoms with van der Waals surface area (Å²) >= 11 is 10.5. The molecule has 0 atom stereocenters. The molecule has 4 aromatic rings. The summed E-state index contributed by atoms with van der Waals surface area (Å²) in [5.41, 5.74) is 0.485. The van der Waals surface area contributed by atoms with Crippen LogP contribution in [-0.4, -0.2) is 23.5 Å². The highest BCUT2D eigenvalue weighted by molar-refractivity contribution is 9.10. The van der Waals surface area contributed by atoms with Crippen molar-refractivity contribution in [1.82, 2.24) is 5.32 Å². The minimum Gasteiger partial charge on any atom is -0.324 e. The Kier molecular flexibility index (Phi) is 10.7. The Morgan fingerprint density at radius 1 is 0.860 bits per heavy atom. The predicted octanol–water partition coefficient (Wildman–Crippen LogP) is 8.26. The molecule has 6 nitrogen and oxygen atoms in total. The van der Waals surface area contributed by atoms with Gasteiger partial charge < -0.3 is 16.0 Å². The lowest BCUT2D eigenvalue weighted by Crippen LogP contribution is -2.30. The second kappa shape index (κ2) is 14.4. The van der Waals surface area contributed by atoms with Crippen LogP contribution in [0.5, 0.6) is 0 Å². The van der Waals surface area contributed by atoms with E-state index in [0.29, 0.717) is 21.7 Å². The minimum atomic E-state index is -4.57. The number of halogens is 5. The number of thioether (sulfide) groups is 1. The smallest absolute Gasteiger partial charge is 0.324 e. The average Bonchev–Trinajstić information content (AvgIpc) is 2.98. The minimum absolute atomic E-state index is 0.0139. The Balaban J connectivity index is 1.39. The average molecular weight is 689 g/mol. The third-order valence-corrected chi connectivity index (χ3v) is 7.63. The molecule has 0 fully saturated rings. The number of amides is 3. The van der Waals surface area contributed by atoms with Crippen LogP contribution in [0.3, 0.4) is 0 Å². The Labute approximate surface area is 262 Å². The SMILES string of the molecule is O=C(CSc1ccc(NC(=O)/C(=C/c2ccc(Br)cc2)NC(=O)c2ccccc2)cc1)Nc1cc(C(F)(F)F)ccc1Cl. The molecule has 0 radical (unpaired) electrons. The van der Waals surface area contributed by atoms with Crippen molar-refractivity contribution in [2.45, 2.75) is 11.1 Å². The van der Waals surface area contributed by atoms with Crippen molar-refractivity contribution in [1.29, 1.82) is 0 Å². The van der Waals surface area contributed by atoms with Gasteiger partial charge in [-0.1, -0.05) is 57.9 Å². The number of hydrogen-bond acceptors (Lipinski definition) is 4. The van der Waals surface area contributed by atoms with Gasteiger partial charge >= 0.3 is 6.18 Å². The van der Waals surface area contributed by atoms with Crippen molar-refractivity contribution in [2.24, 2.45) is 0 Å². The van der Waals surface area contributed by atoms with Crippen LogP contribution in [0.1, 0.15) is 21.5 Å². The highest BCUT2D eigenvalue weighted by Crippen LogP contribution is 2.34. The van der Waals surface area contributed by atoms with Crippen LogP contribution < -0.4 is 16.0 Å². The molecule has 0 aliphatic heterocycles. The summed E-state index contributed by atoms with van der Waals surface area (Å²) in [4.78, 5) is 39.0. The number of carbonyl (C=O) groups excluding carboxylic acids is 3. The third-order valence-electron chi connectivity index (χ3n) is 5.76. The van der Waals surface area contributed by atoms with Gasteiger partial charge in [-0.15, -0.1) is 11.8 Å². The molecule has 3 N–H and O–H groups in total. The summed E-state index contributed by atoms with van der Waals surface area (Å²) < 4.78 is 39.8. The number of carbonyl (C=O) groups is 3. The van der Waals surface area contributed by atoms with Crippen LogP contribution in [-0.2, 0) is 15.8 Å². The van der Waals surface area contributed by atoms with Crippen molar-refractivity contribution in [3.8, 4) is 0 Å². The monoisotopic (exact) mass is 687 g/mol. The summed E-state index contributed by atoms with van der Waals surface area (Å²) in [6.45, 7) is 0. The fourth-order valence-electron chi connectivity index (χ4n) is 3.63. The van der Waals surface area contributed by atoms with E-state index < -0.39 is 29.5 Å². The Bertz CT molecular complexity index is 1650. The fraction of sp³-hybridized carbons (Fsp3) is 0.0645. The molecule has 0 saturated heterocycles. The quantitative estimate of drug-likeness (QED) is 0.122. The van der Waals surface area contributed by atoms with Gasteiger partial charge in [0.1, 0.15) is 5.70 Å². The summed E-state index contributed by atoms with van der Waals surface area (Å²) in [6.07, 6.45) is -3.01. The summed E-state index contributed by atoms with van der Waals surface area (Å²) in [7, 11) is 0. The first-order chi connectivity index (χ1) is 20.5. The molecular formula is C31H22BrClF3N3O3S. The van der Waals surface area contributed by atoms with Crippen LogP contribution in [0.2, 0.25) is 5.02 Å². The molecule has 43 heavy (non-hydrogen) atoms. The maximum atomic E-state index is 13.2. The Morgan fingerprint density at radius 3 is 2.19 bits per heavy atom. The fourth-order valence-corrected chi connectivity index (χ4v) is 4.76. The van der Waals surface area contributed by atoms with Gasteiger partial charge in [0.25, 0.3) is 11.8 Å². The van der Waals surface area contributed by atoms with Crippen molar-refractivity contribution >= 4 is 74.5 Å². The standard InChI is InChI=1S/C31H22BrClF3N3O3S/c32-22-9-6-19(7-10-22)16-27(39-29(41)20-4-2-1-3-5-20)30(42)37-23-11-13-24(14-12-23)43-18-28(40)38-26-17-21(31(34,35)36)8-15-25(26)33/h1-17H,18H2,(H,37,42)(H,38,40)(H,39,41)/b27-16-. The van der Waals surface area contributed by atoms with Gasteiger partial charge in [0, 0.05) is 20.6 Å². The zero-order valence-corrected chi connectivity index (χ0v) is 25.2. The van der Waals surface area contributed by atoms with Crippen molar-refractivity contribution in [2.75, 3.05) is 16.4 Å². The zero-order chi connectivity index (χ0) is 31.0. The number of rotatable bonds is 9. The molecular weight excluding hydrogens is 667 g/mol. The van der Waals surface area contributed by atoms with Crippen LogP contribution in [0.15, 0.2) is 112 Å². The first kappa shape index (κ1) is 31.9. The van der Waals surface area contributed by atoms with Gasteiger partial charge in [-0.2, -0.15) is 13.2 Å². The van der Waals surface area contributed by atoms with E-state index in [1.165, 1.54) is 0 Å². The highest BCUT2D eigenvalue weighted by atomic mass is 79.9.